The molecule has 1 aliphatic rings. The highest BCUT2D eigenvalue weighted by Crippen LogP contribution is 2.33. The molecule has 1 fully saturated rings. The summed E-state index contributed by atoms with van der Waals surface area (Å²) in [6, 6.07) is 8.63. The second-order valence-corrected chi connectivity index (χ2v) is 5.85. The Labute approximate surface area is 120 Å². The van der Waals surface area contributed by atoms with Gasteiger partial charge >= 0.3 is 0 Å². The molecule has 1 saturated carbocycles. The maximum absolute atomic E-state index is 8.70. The number of nitriles is 1. The van der Waals surface area contributed by atoms with Gasteiger partial charge in [-0.15, -0.1) is 0 Å². The minimum atomic E-state index is 0.582. The molecule has 0 unspecified atom stereocenters. The fourth-order valence-corrected chi connectivity index (χ4v) is 3.34. The number of imidazole rings is 1. The van der Waals surface area contributed by atoms with E-state index in [1.165, 1.54) is 49.0 Å². The number of rotatable bonds is 3. The number of nitrogens with zero attached hydrogens (tertiary/aromatic N) is 3. The molecular weight excluding hydrogens is 246 g/mol. The van der Waals surface area contributed by atoms with Gasteiger partial charge in [-0.3, -0.25) is 0 Å². The third-order valence-corrected chi connectivity index (χ3v) is 4.48. The lowest BCUT2D eigenvalue weighted by Gasteiger charge is -2.21. The lowest BCUT2D eigenvalue weighted by atomic mass is 9.89. The first-order valence-electron chi connectivity index (χ1n) is 7.62. The fraction of sp³-hybridized carbons (Fsp3) is 0.529. The quantitative estimate of drug-likeness (QED) is 0.841. The summed E-state index contributed by atoms with van der Waals surface area (Å²) in [6.45, 7) is 0. The van der Waals surface area contributed by atoms with Crippen LogP contribution in [0.3, 0.4) is 0 Å². The summed E-state index contributed by atoms with van der Waals surface area (Å²) >= 11 is 0. The van der Waals surface area contributed by atoms with Gasteiger partial charge in [0.05, 0.1) is 17.1 Å². The molecular formula is C17H21N3. The summed E-state index contributed by atoms with van der Waals surface area (Å²) in [5.74, 6) is 1.88. The Morgan fingerprint density at radius 3 is 2.85 bits per heavy atom. The van der Waals surface area contributed by atoms with Crippen LogP contribution in [-0.2, 0) is 13.5 Å². The molecule has 0 radical (unpaired) electrons. The van der Waals surface area contributed by atoms with E-state index < -0.39 is 0 Å². The Balaban J connectivity index is 1.95. The largest absolute Gasteiger partial charge is 0.331 e. The second-order valence-electron chi connectivity index (χ2n) is 5.85. The zero-order valence-corrected chi connectivity index (χ0v) is 12.1. The zero-order valence-electron chi connectivity index (χ0n) is 12.1. The van der Waals surface area contributed by atoms with E-state index in [-0.39, 0.29) is 0 Å². The molecule has 1 aromatic carbocycles. The van der Waals surface area contributed by atoms with Crippen molar-refractivity contribution in [3.63, 3.8) is 0 Å². The number of hydrogen-bond donors (Lipinski definition) is 0. The van der Waals surface area contributed by atoms with Crippen LogP contribution in [0, 0.1) is 11.3 Å². The topological polar surface area (TPSA) is 41.6 Å². The standard InChI is InChI=1S/C17H21N3/c1-20-16-12-13(6-5-11-18)9-10-15(16)19-17(20)14-7-3-2-4-8-14/h9-10,12,14H,2-8H2,1H3. The first kappa shape index (κ1) is 13.2. The van der Waals surface area contributed by atoms with E-state index in [1.54, 1.807) is 0 Å². The summed E-state index contributed by atoms with van der Waals surface area (Å²) in [5, 5.41) is 8.70. The Hall–Kier alpha value is -1.82. The molecule has 0 saturated heterocycles. The molecule has 1 aromatic heterocycles. The van der Waals surface area contributed by atoms with Crippen molar-refractivity contribution in [2.24, 2.45) is 7.05 Å². The lowest BCUT2D eigenvalue weighted by molar-refractivity contribution is 0.423. The molecule has 2 aromatic rings. The van der Waals surface area contributed by atoms with Gasteiger partial charge in [0.25, 0.3) is 0 Å². The van der Waals surface area contributed by atoms with E-state index in [0.29, 0.717) is 12.3 Å². The van der Waals surface area contributed by atoms with Crippen LogP contribution in [0.15, 0.2) is 18.2 Å². The summed E-state index contributed by atoms with van der Waals surface area (Å²) in [6.07, 6.45) is 8.01. The van der Waals surface area contributed by atoms with Gasteiger partial charge < -0.3 is 4.57 Å². The maximum Gasteiger partial charge on any atom is 0.112 e. The summed E-state index contributed by atoms with van der Waals surface area (Å²) < 4.78 is 2.27. The molecule has 0 bridgehead atoms. The number of aromatic nitrogens is 2. The highest BCUT2D eigenvalue weighted by atomic mass is 15.1. The average Bonchev–Trinajstić information content (AvgIpc) is 2.83. The van der Waals surface area contributed by atoms with Crippen LogP contribution in [0.25, 0.3) is 11.0 Å². The third-order valence-electron chi connectivity index (χ3n) is 4.48. The number of aryl methyl sites for hydroxylation is 2. The van der Waals surface area contributed by atoms with Gasteiger partial charge in [-0.25, -0.2) is 4.98 Å². The Morgan fingerprint density at radius 2 is 2.10 bits per heavy atom. The van der Waals surface area contributed by atoms with E-state index in [2.05, 4.69) is 35.9 Å². The molecule has 3 rings (SSSR count). The Kier molecular flexibility index (Phi) is 3.73. The van der Waals surface area contributed by atoms with Gasteiger partial charge in [-0.05, 0) is 37.0 Å². The molecule has 0 amide bonds. The van der Waals surface area contributed by atoms with Gasteiger partial charge in [-0.2, -0.15) is 5.26 Å². The highest BCUT2D eigenvalue weighted by molar-refractivity contribution is 5.77. The first-order chi connectivity index (χ1) is 9.79. The molecule has 104 valence electrons. The third kappa shape index (κ3) is 2.43. The Bertz CT molecular complexity index is 642. The highest BCUT2D eigenvalue weighted by Gasteiger charge is 2.21. The van der Waals surface area contributed by atoms with Crippen LogP contribution >= 0.6 is 0 Å². The van der Waals surface area contributed by atoms with Crippen LogP contribution in [0.5, 0.6) is 0 Å². The normalized spacial score (nSPS) is 16.4. The monoisotopic (exact) mass is 267 g/mol. The van der Waals surface area contributed by atoms with E-state index in [0.717, 1.165) is 11.9 Å². The van der Waals surface area contributed by atoms with Crippen LogP contribution < -0.4 is 0 Å². The minimum absolute atomic E-state index is 0.582. The molecule has 20 heavy (non-hydrogen) atoms. The van der Waals surface area contributed by atoms with Crippen molar-refractivity contribution >= 4 is 11.0 Å². The molecule has 1 aliphatic carbocycles. The first-order valence-corrected chi connectivity index (χ1v) is 7.62. The minimum Gasteiger partial charge on any atom is -0.331 e. The van der Waals surface area contributed by atoms with E-state index >= 15 is 0 Å². The van der Waals surface area contributed by atoms with Crippen molar-refractivity contribution in [2.45, 2.75) is 50.9 Å². The number of hydrogen-bond acceptors (Lipinski definition) is 2. The van der Waals surface area contributed by atoms with Gasteiger partial charge in [0.1, 0.15) is 5.82 Å². The maximum atomic E-state index is 8.70. The number of fused-ring (bicyclic) bond motifs is 1. The van der Waals surface area contributed by atoms with Crippen molar-refractivity contribution in [2.75, 3.05) is 0 Å². The van der Waals surface area contributed by atoms with Crippen molar-refractivity contribution in [3.8, 4) is 6.07 Å². The van der Waals surface area contributed by atoms with Crippen LogP contribution in [0.4, 0.5) is 0 Å². The van der Waals surface area contributed by atoms with Crippen molar-refractivity contribution < 1.29 is 0 Å². The zero-order chi connectivity index (χ0) is 13.9. The van der Waals surface area contributed by atoms with Crippen molar-refractivity contribution in [1.29, 1.82) is 5.26 Å². The van der Waals surface area contributed by atoms with Crippen LogP contribution in [0.1, 0.15) is 55.8 Å². The predicted octanol–water partition coefficient (Wildman–Crippen LogP) is 4.08. The van der Waals surface area contributed by atoms with Gasteiger partial charge in [0.2, 0.25) is 0 Å². The van der Waals surface area contributed by atoms with Crippen molar-refractivity contribution in [3.05, 3.63) is 29.6 Å². The predicted molar refractivity (Wildman–Crippen MR) is 80.5 cm³/mol. The number of benzene rings is 1. The average molecular weight is 267 g/mol. The van der Waals surface area contributed by atoms with E-state index in [4.69, 9.17) is 10.2 Å². The fourth-order valence-electron chi connectivity index (χ4n) is 3.34. The molecule has 0 N–H and O–H groups in total. The van der Waals surface area contributed by atoms with E-state index in [1.807, 2.05) is 0 Å². The lowest BCUT2D eigenvalue weighted by Crippen LogP contribution is -2.10. The summed E-state index contributed by atoms with van der Waals surface area (Å²) in [4.78, 5) is 4.86. The van der Waals surface area contributed by atoms with Gasteiger partial charge in [-0.1, -0.05) is 25.3 Å². The van der Waals surface area contributed by atoms with Crippen LogP contribution in [0.2, 0.25) is 0 Å². The molecule has 0 spiro atoms. The van der Waals surface area contributed by atoms with E-state index in [9.17, 15) is 0 Å². The SMILES string of the molecule is Cn1c(C2CCCCC2)nc2ccc(CCC#N)cc21. The van der Waals surface area contributed by atoms with Gasteiger partial charge in [0.15, 0.2) is 0 Å². The molecule has 0 aliphatic heterocycles. The molecule has 0 atom stereocenters. The second kappa shape index (κ2) is 5.66. The van der Waals surface area contributed by atoms with Crippen LogP contribution in [-0.4, -0.2) is 9.55 Å². The smallest absolute Gasteiger partial charge is 0.112 e. The molecule has 1 heterocycles. The summed E-state index contributed by atoms with van der Waals surface area (Å²) in [5.41, 5.74) is 3.53. The molecule has 3 nitrogen and oxygen atoms in total. The van der Waals surface area contributed by atoms with Crippen molar-refractivity contribution in [1.82, 2.24) is 9.55 Å². The Morgan fingerprint density at radius 1 is 1.30 bits per heavy atom. The molecule has 3 heteroatoms. The summed E-state index contributed by atoms with van der Waals surface area (Å²) in [7, 11) is 2.13. The van der Waals surface area contributed by atoms with Gasteiger partial charge in [0, 0.05) is 19.4 Å².